The third-order valence-electron chi connectivity index (χ3n) is 15.3. The van der Waals surface area contributed by atoms with Crippen LogP contribution < -0.4 is 22.1 Å². The Morgan fingerprint density at radius 1 is 0.230 bits per heavy atom. The zero-order valence-corrected chi connectivity index (χ0v) is 40.7. The fourth-order valence-corrected chi connectivity index (χ4v) is 12.0. The molecule has 0 atom stereocenters. The molecule has 0 aromatic heterocycles. The van der Waals surface area contributed by atoms with E-state index in [9.17, 15) is 0 Å². The van der Waals surface area contributed by atoms with Crippen LogP contribution in [0, 0.1) is 0 Å². The van der Waals surface area contributed by atoms with E-state index in [0.717, 1.165) is 34.1 Å². The van der Waals surface area contributed by atoms with Crippen molar-refractivity contribution < 1.29 is 0 Å². The molecule has 0 heterocycles. The Morgan fingerprint density at radius 2 is 0.486 bits per heavy atom. The Kier molecular flexibility index (Phi) is 10.9. The minimum absolute atomic E-state index is 0.380. The average Bonchev–Trinajstić information content (AvgIpc) is 3.94. The number of nitrogen functional groups attached to an aromatic ring is 2. The van der Waals surface area contributed by atoms with E-state index in [-0.39, 0.29) is 5.41 Å². The van der Waals surface area contributed by atoms with Crippen LogP contribution in [0.4, 0.5) is 34.1 Å². The number of hydrogen-bond donors (Lipinski definition) is 4. The van der Waals surface area contributed by atoms with Crippen molar-refractivity contribution >= 4 is 55.7 Å². The molecular formula is C70H52N4. The molecule has 14 rings (SSSR count). The second-order valence-corrected chi connectivity index (χ2v) is 19.5. The standard InChI is InChI=1S/C45H32N2.C25H20N2/c1-3-11-33-29-39(23-17-31(33)9-1)46-37-25-19-35(20-26-37)45(43-15-7-5-13-41(43)42-14-6-8-16-44(42)45)36-21-27-38(28-22-36)47-40-24-18-32-10-2-4-12-34(32)30-40;26-19-13-9-17(10-14-19)25(18-11-15-20(27)16-12-18)23-7-3-1-5-21(23)22-6-2-4-8-24(22)25/h1-30,46-47H;1-16H,26-27H2. The molecule has 0 radical (unpaired) electrons. The van der Waals surface area contributed by atoms with Crippen molar-refractivity contribution in [2.45, 2.75) is 10.8 Å². The van der Waals surface area contributed by atoms with Gasteiger partial charge in [0.15, 0.2) is 0 Å². The number of rotatable bonds is 8. The summed E-state index contributed by atoms with van der Waals surface area (Å²) >= 11 is 0. The smallest absolute Gasteiger partial charge is 0.0713 e. The number of nitrogens with one attached hydrogen (secondary N) is 2. The molecule has 0 saturated carbocycles. The lowest BCUT2D eigenvalue weighted by Gasteiger charge is -2.34. The van der Waals surface area contributed by atoms with Crippen LogP contribution in [-0.4, -0.2) is 0 Å². The second-order valence-electron chi connectivity index (χ2n) is 19.5. The van der Waals surface area contributed by atoms with Gasteiger partial charge in [0.1, 0.15) is 0 Å². The SMILES string of the molecule is Nc1ccc(C2(c3ccc(N)cc3)c3ccccc3-c3ccccc32)cc1.c1ccc2c(c1)-c1ccccc1C2(c1ccc(Nc2ccc3ccccc3c2)cc1)c1ccc(Nc2ccc3ccccc3c2)cc1. The van der Waals surface area contributed by atoms with Gasteiger partial charge >= 0.3 is 0 Å². The predicted octanol–water partition coefficient (Wildman–Crippen LogP) is 17.1. The van der Waals surface area contributed by atoms with E-state index in [1.165, 1.54) is 88.3 Å². The number of fused-ring (bicyclic) bond motifs is 8. The lowest BCUT2D eigenvalue weighted by atomic mass is 9.67. The largest absolute Gasteiger partial charge is 0.399 e. The fourth-order valence-electron chi connectivity index (χ4n) is 12.0. The highest BCUT2D eigenvalue weighted by Crippen LogP contribution is 2.57. The second kappa shape index (κ2) is 18.2. The topological polar surface area (TPSA) is 76.1 Å². The lowest BCUT2D eigenvalue weighted by Crippen LogP contribution is -2.28. The Morgan fingerprint density at radius 3 is 0.811 bits per heavy atom. The van der Waals surface area contributed by atoms with Crippen molar-refractivity contribution in [3.63, 3.8) is 0 Å². The van der Waals surface area contributed by atoms with Gasteiger partial charge in [-0.15, -0.1) is 0 Å². The van der Waals surface area contributed by atoms with Crippen molar-refractivity contribution in [3.05, 3.63) is 324 Å². The number of benzene rings is 12. The molecule has 74 heavy (non-hydrogen) atoms. The molecular weight excluding hydrogens is 897 g/mol. The van der Waals surface area contributed by atoms with Gasteiger partial charge in [-0.1, -0.05) is 206 Å². The van der Waals surface area contributed by atoms with E-state index in [1.54, 1.807) is 0 Å². The van der Waals surface area contributed by atoms with Gasteiger partial charge in [0.2, 0.25) is 0 Å². The Balaban J connectivity index is 0.000000166. The van der Waals surface area contributed by atoms with Gasteiger partial charge in [-0.2, -0.15) is 0 Å². The normalized spacial score (nSPS) is 13.2. The molecule has 2 aliphatic carbocycles. The van der Waals surface area contributed by atoms with Gasteiger partial charge in [0.25, 0.3) is 0 Å². The predicted molar refractivity (Wildman–Crippen MR) is 311 cm³/mol. The van der Waals surface area contributed by atoms with Crippen molar-refractivity contribution in [1.82, 2.24) is 0 Å². The summed E-state index contributed by atoms with van der Waals surface area (Å²) in [4.78, 5) is 0. The highest BCUT2D eigenvalue weighted by atomic mass is 14.9. The quantitative estimate of drug-likeness (QED) is 0.115. The van der Waals surface area contributed by atoms with Crippen LogP contribution in [0.1, 0.15) is 44.5 Å². The van der Waals surface area contributed by atoms with Gasteiger partial charge in [0, 0.05) is 34.1 Å². The molecule has 4 nitrogen and oxygen atoms in total. The molecule has 0 amide bonds. The summed E-state index contributed by atoms with van der Waals surface area (Å²) in [6, 6.07) is 99.7. The minimum Gasteiger partial charge on any atom is -0.399 e. The van der Waals surface area contributed by atoms with Crippen molar-refractivity contribution in [1.29, 1.82) is 0 Å². The summed E-state index contributed by atoms with van der Waals surface area (Å²) in [5, 5.41) is 12.2. The average molecular weight is 949 g/mol. The molecule has 4 heteroatoms. The van der Waals surface area contributed by atoms with E-state index >= 15 is 0 Å². The van der Waals surface area contributed by atoms with Gasteiger partial charge in [-0.05, 0) is 161 Å². The van der Waals surface area contributed by atoms with Crippen LogP contribution >= 0.6 is 0 Å². The summed E-state index contributed by atoms with van der Waals surface area (Å²) in [5.41, 5.74) is 32.3. The molecule has 12 aromatic carbocycles. The summed E-state index contributed by atoms with van der Waals surface area (Å²) in [6.07, 6.45) is 0. The number of nitrogens with two attached hydrogens (primary N) is 2. The fraction of sp³-hybridized carbons (Fsp3) is 0.0286. The Hall–Kier alpha value is -9.64. The zero-order chi connectivity index (χ0) is 49.6. The van der Waals surface area contributed by atoms with Crippen LogP contribution in [0.15, 0.2) is 279 Å². The van der Waals surface area contributed by atoms with Crippen LogP contribution in [0.2, 0.25) is 0 Å². The van der Waals surface area contributed by atoms with Gasteiger partial charge in [-0.3, -0.25) is 0 Å². The Bertz CT molecular complexity index is 3760. The third-order valence-corrected chi connectivity index (χ3v) is 15.3. The maximum absolute atomic E-state index is 6.00. The van der Waals surface area contributed by atoms with Crippen molar-refractivity contribution in [2.75, 3.05) is 22.1 Å². The van der Waals surface area contributed by atoms with Crippen LogP contribution in [0.5, 0.6) is 0 Å². The van der Waals surface area contributed by atoms with E-state index in [2.05, 4.69) is 265 Å². The molecule has 352 valence electrons. The van der Waals surface area contributed by atoms with E-state index in [1.807, 2.05) is 24.3 Å². The molecule has 0 saturated heterocycles. The zero-order valence-electron chi connectivity index (χ0n) is 40.7. The summed E-state index contributed by atoms with van der Waals surface area (Å²) < 4.78 is 0. The van der Waals surface area contributed by atoms with E-state index in [4.69, 9.17) is 11.5 Å². The molecule has 0 aliphatic heterocycles. The van der Waals surface area contributed by atoms with Crippen LogP contribution in [0.3, 0.4) is 0 Å². The first kappa shape index (κ1) is 44.3. The highest BCUT2D eigenvalue weighted by molar-refractivity contribution is 5.90. The van der Waals surface area contributed by atoms with Gasteiger partial charge in [0.05, 0.1) is 10.8 Å². The highest BCUT2D eigenvalue weighted by Gasteiger charge is 2.47. The molecule has 2 aliphatic rings. The molecule has 0 fully saturated rings. The molecule has 0 spiro atoms. The van der Waals surface area contributed by atoms with Crippen LogP contribution in [-0.2, 0) is 10.8 Å². The first-order valence-electron chi connectivity index (χ1n) is 25.3. The van der Waals surface area contributed by atoms with E-state index in [0.29, 0.717) is 0 Å². The number of hydrogen-bond acceptors (Lipinski definition) is 4. The molecule has 0 unspecified atom stereocenters. The molecule has 0 bridgehead atoms. The van der Waals surface area contributed by atoms with Crippen molar-refractivity contribution in [3.8, 4) is 22.3 Å². The minimum atomic E-state index is -0.448. The monoisotopic (exact) mass is 948 g/mol. The first-order valence-corrected chi connectivity index (χ1v) is 25.3. The third kappa shape index (κ3) is 7.38. The summed E-state index contributed by atoms with van der Waals surface area (Å²) in [5.74, 6) is 0. The lowest BCUT2D eigenvalue weighted by molar-refractivity contribution is 0.769. The first-order chi connectivity index (χ1) is 36.5. The summed E-state index contributed by atoms with van der Waals surface area (Å²) in [6.45, 7) is 0. The molecule has 12 aromatic rings. The van der Waals surface area contributed by atoms with Gasteiger partial charge in [-0.25, -0.2) is 0 Å². The molecule has 6 N–H and O–H groups in total. The van der Waals surface area contributed by atoms with Crippen molar-refractivity contribution in [2.24, 2.45) is 0 Å². The maximum atomic E-state index is 6.00. The Labute approximate surface area is 432 Å². The van der Waals surface area contributed by atoms with Crippen LogP contribution in [0.25, 0.3) is 43.8 Å². The number of anilines is 6. The van der Waals surface area contributed by atoms with Gasteiger partial charge < -0.3 is 22.1 Å². The maximum Gasteiger partial charge on any atom is 0.0713 e. The van der Waals surface area contributed by atoms with E-state index < -0.39 is 5.41 Å². The summed E-state index contributed by atoms with van der Waals surface area (Å²) in [7, 11) is 0.